The van der Waals surface area contributed by atoms with Crippen molar-refractivity contribution in [3.8, 4) is 0 Å². The maximum Gasteiger partial charge on any atom is 0.0713 e. The zero-order chi connectivity index (χ0) is 7.28. The van der Waals surface area contributed by atoms with Crippen molar-refractivity contribution in [1.82, 2.24) is 0 Å². The van der Waals surface area contributed by atoms with Gasteiger partial charge in [0.05, 0.1) is 4.91 Å². The van der Waals surface area contributed by atoms with Crippen LogP contribution in [-0.4, -0.2) is 17.8 Å². The minimum atomic E-state index is 0.577. The molecule has 0 saturated carbocycles. The molecule has 0 fully saturated rings. The summed E-state index contributed by atoms with van der Waals surface area (Å²) in [6.45, 7) is 1.71. The number of nitrogens with zero attached hydrogens (tertiary/aromatic N) is 1. The molecule has 0 heterocycles. The summed E-state index contributed by atoms with van der Waals surface area (Å²) in [5.41, 5.74) is 5.92. The first-order valence-electron chi connectivity index (χ1n) is 2.42. The number of hydrogen-bond acceptors (Lipinski definition) is 4. The molecule has 0 aromatic rings. The van der Waals surface area contributed by atoms with E-state index in [2.05, 4.69) is 4.99 Å². The molecule has 0 unspecified atom stereocenters. The van der Waals surface area contributed by atoms with Crippen LogP contribution < -0.4 is 5.73 Å². The molecule has 0 rings (SSSR count). The Balaban J connectivity index is 4.16. The fourth-order valence-electron chi connectivity index (χ4n) is 0.315. The average molecular weight is 146 g/mol. The SMILES string of the molecule is CN=CC(SO)=C(C)N. The van der Waals surface area contributed by atoms with E-state index in [4.69, 9.17) is 10.3 Å². The van der Waals surface area contributed by atoms with Crippen LogP contribution in [0.15, 0.2) is 15.6 Å². The van der Waals surface area contributed by atoms with Crippen molar-refractivity contribution in [3.05, 3.63) is 10.6 Å². The highest BCUT2D eigenvalue weighted by molar-refractivity contribution is 7.98. The lowest BCUT2D eigenvalue weighted by atomic mass is 10.5. The molecule has 3 N–H and O–H groups in total. The molecule has 0 saturated heterocycles. The first-order valence-corrected chi connectivity index (χ1v) is 3.19. The minimum absolute atomic E-state index is 0.577. The Labute approximate surface area is 58.9 Å². The van der Waals surface area contributed by atoms with E-state index < -0.39 is 0 Å². The summed E-state index contributed by atoms with van der Waals surface area (Å²) in [4.78, 5) is 4.28. The topological polar surface area (TPSA) is 58.6 Å². The number of hydrogen-bond donors (Lipinski definition) is 2. The van der Waals surface area contributed by atoms with Crippen LogP contribution in [0.5, 0.6) is 0 Å². The van der Waals surface area contributed by atoms with Gasteiger partial charge in [0.1, 0.15) is 0 Å². The first-order chi connectivity index (χ1) is 4.22. The highest BCUT2D eigenvalue weighted by Crippen LogP contribution is 2.09. The summed E-state index contributed by atoms with van der Waals surface area (Å²) in [5.74, 6) is 0. The largest absolute Gasteiger partial charge is 0.401 e. The summed E-state index contributed by atoms with van der Waals surface area (Å²) >= 11 is 0.608. The van der Waals surface area contributed by atoms with Crippen LogP contribution in [-0.2, 0) is 0 Å². The zero-order valence-corrected chi connectivity index (χ0v) is 6.27. The molecule has 52 valence electrons. The first kappa shape index (κ1) is 8.52. The second-order valence-electron chi connectivity index (χ2n) is 1.53. The quantitative estimate of drug-likeness (QED) is 0.452. The molecule has 9 heavy (non-hydrogen) atoms. The summed E-state index contributed by atoms with van der Waals surface area (Å²) < 4.78 is 8.52. The Morgan fingerprint density at radius 1 is 1.78 bits per heavy atom. The van der Waals surface area contributed by atoms with Crippen LogP contribution >= 0.6 is 12.0 Å². The summed E-state index contributed by atoms with van der Waals surface area (Å²) in [5, 5.41) is 0. The van der Waals surface area contributed by atoms with Crippen LogP contribution in [0.25, 0.3) is 0 Å². The summed E-state index contributed by atoms with van der Waals surface area (Å²) in [6.07, 6.45) is 1.51. The van der Waals surface area contributed by atoms with E-state index in [1.165, 1.54) is 6.21 Å². The molecule has 0 aliphatic heterocycles. The minimum Gasteiger partial charge on any atom is -0.401 e. The van der Waals surface area contributed by atoms with Crippen molar-refractivity contribution in [2.24, 2.45) is 10.7 Å². The van der Waals surface area contributed by atoms with E-state index in [1.54, 1.807) is 14.0 Å². The number of nitrogens with two attached hydrogens (primary N) is 1. The summed E-state index contributed by atoms with van der Waals surface area (Å²) in [7, 11) is 1.62. The van der Waals surface area contributed by atoms with Crippen LogP contribution in [0.1, 0.15) is 6.92 Å². The van der Waals surface area contributed by atoms with Crippen molar-refractivity contribution in [1.29, 1.82) is 0 Å². The maximum absolute atomic E-state index is 8.52. The molecule has 4 heteroatoms. The van der Waals surface area contributed by atoms with E-state index in [0.717, 1.165) is 0 Å². The molecule has 0 aromatic carbocycles. The lowest BCUT2D eigenvalue weighted by molar-refractivity contribution is 0.670. The van der Waals surface area contributed by atoms with Gasteiger partial charge in [0, 0.05) is 31.0 Å². The third-order valence-corrected chi connectivity index (χ3v) is 1.36. The Hall–Kier alpha value is -0.480. The fourth-order valence-corrected chi connectivity index (χ4v) is 0.611. The molecular formula is C5H10N2OS. The van der Waals surface area contributed by atoms with Crippen molar-refractivity contribution in [2.45, 2.75) is 6.92 Å². The second-order valence-corrected chi connectivity index (χ2v) is 2.15. The summed E-state index contributed by atoms with van der Waals surface area (Å²) in [6, 6.07) is 0. The van der Waals surface area contributed by atoms with Gasteiger partial charge in [-0.05, 0) is 6.92 Å². The lowest BCUT2D eigenvalue weighted by Gasteiger charge is -1.94. The third-order valence-electron chi connectivity index (χ3n) is 0.733. The van der Waals surface area contributed by atoms with E-state index in [1.807, 2.05) is 0 Å². The van der Waals surface area contributed by atoms with Gasteiger partial charge in [-0.25, -0.2) is 0 Å². The molecule has 0 aromatic heterocycles. The van der Waals surface area contributed by atoms with Crippen LogP contribution in [0.4, 0.5) is 0 Å². The highest BCUT2D eigenvalue weighted by atomic mass is 32.2. The smallest absolute Gasteiger partial charge is 0.0713 e. The van der Waals surface area contributed by atoms with Crippen LogP contribution in [0.2, 0.25) is 0 Å². The van der Waals surface area contributed by atoms with Crippen LogP contribution in [0.3, 0.4) is 0 Å². The Kier molecular flexibility index (Phi) is 4.17. The standard InChI is InChI=1S/C5H10N2OS/c1-4(6)5(9-8)3-7-2/h3,8H,6H2,1-2H3. The molecule has 0 radical (unpaired) electrons. The number of rotatable bonds is 2. The van der Waals surface area contributed by atoms with Gasteiger partial charge in [0.2, 0.25) is 0 Å². The van der Waals surface area contributed by atoms with Gasteiger partial charge in [-0.1, -0.05) is 0 Å². The van der Waals surface area contributed by atoms with Crippen molar-refractivity contribution >= 4 is 18.3 Å². The predicted molar refractivity (Wildman–Crippen MR) is 41.5 cm³/mol. The zero-order valence-electron chi connectivity index (χ0n) is 5.46. The number of aliphatic imine (C=N–C) groups is 1. The van der Waals surface area contributed by atoms with Gasteiger partial charge in [0.25, 0.3) is 0 Å². The molecule has 0 amide bonds. The molecule has 0 aliphatic rings. The number of allylic oxidation sites excluding steroid dienone is 2. The molecule has 0 bridgehead atoms. The van der Waals surface area contributed by atoms with Crippen molar-refractivity contribution in [3.63, 3.8) is 0 Å². The van der Waals surface area contributed by atoms with E-state index in [0.29, 0.717) is 22.6 Å². The van der Waals surface area contributed by atoms with Gasteiger partial charge >= 0.3 is 0 Å². The van der Waals surface area contributed by atoms with Gasteiger partial charge in [-0.3, -0.25) is 4.99 Å². The second kappa shape index (κ2) is 4.40. The highest BCUT2D eigenvalue weighted by Gasteiger charge is 1.92. The maximum atomic E-state index is 8.52. The molecule has 3 nitrogen and oxygen atoms in total. The third kappa shape index (κ3) is 3.16. The van der Waals surface area contributed by atoms with Gasteiger partial charge < -0.3 is 10.3 Å². The Morgan fingerprint density at radius 3 is 2.44 bits per heavy atom. The van der Waals surface area contributed by atoms with Crippen LogP contribution in [0, 0.1) is 0 Å². The molecule has 0 aliphatic carbocycles. The van der Waals surface area contributed by atoms with E-state index in [-0.39, 0.29) is 0 Å². The Morgan fingerprint density at radius 2 is 2.33 bits per heavy atom. The van der Waals surface area contributed by atoms with Crippen molar-refractivity contribution in [2.75, 3.05) is 7.05 Å². The molecule has 0 atom stereocenters. The molecule has 0 spiro atoms. The van der Waals surface area contributed by atoms with Crippen molar-refractivity contribution < 1.29 is 4.55 Å². The van der Waals surface area contributed by atoms with E-state index in [9.17, 15) is 0 Å². The monoisotopic (exact) mass is 146 g/mol. The normalized spacial score (nSPS) is 14.1. The Bertz CT molecular complexity index is 138. The van der Waals surface area contributed by atoms with Gasteiger partial charge in [-0.15, -0.1) is 0 Å². The van der Waals surface area contributed by atoms with Gasteiger partial charge in [-0.2, -0.15) is 0 Å². The average Bonchev–Trinajstić information content (AvgIpc) is 1.82. The van der Waals surface area contributed by atoms with E-state index >= 15 is 0 Å². The molecular weight excluding hydrogens is 136 g/mol. The lowest BCUT2D eigenvalue weighted by Crippen LogP contribution is -1.96. The fraction of sp³-hybridized carbons (Fsp3) is 0.400. The van der Waals surface area contributed by atoms with Gasteiger partial charge in [0.15, 0.2) is 0 Å². The predicted octanol–water partition coefficient (Wildman–Crippen LogP) is 1.08.